The molecule has 1 aromatic carbocycles. The minimum absolute atomic E-state index is 0.131. The second-order valence-corrected chi connectivity index (χ2v) is 4.15. The largest absolute Gasteiger partial charge is 0.323 e. The Bertz CT molecular complexity index is 527. The number of benzene rings is 1. The Kier molecular flexibility index (Phi) is 3.61. The molecule has 0 saturated heterocycles. The van der Waals surface area contributed by atoms with Crippen molar-refractivity contribution in [3.05, 3.63) is 40.9 Å². The van der Waals surface area contributed by atoms with Crippen molar-refractivity contribution in [2.45, 2.75) is 6.54 Å². The fourth-order valence-electron chi connectivity index (χ4n) is 1.25. The molecule has 0 aliphatic rings. The number of anilines is 1. The zero-order valence-corrected chi connectivity index (χ0v) is 10.1. The van der Waals surface area contributed by atoms with Gasteiger partial charge >= 0.3 is 0 Å². The summed E-state index contributed by atoms with van der Waals surface area (Å²) < 4.78 is 1.55. The van der Waals surface area contributed by atoms with E-state index in [2.05, 4.69) is 15.5 Å². The van der Waals surface area contributed by atoms with Gasteiger partial charge in [-0.05, 0) is 18.2 Å². The van der Waals surface area contributed by atoms with Crippen LogP contribution in [0.4, 0.5) is 5.69 Å². The summed E-state index contributed by atoms with van der Waals surface area (Å²) >= 11 is 11.7. The molecule has 0 aliphatic heterocycles. The fourth-order valence-corrected chi connectivity index (χ4v) is 1.71. The van der Waals surface area contributed by atoms with E-state index >= 15 is 0 Å². The Morgan fingerprint density at radius 3 is 2.65 bits per heavy atom. The Morgan fingerprint density at radius 1 is 1.29 bits per heavy atom. The number of rotatable bonds is 3. The number of aromatic nitrogens is 3. The standard InChI is InChI=1S/C10H8Cl2N4O/c11-7-1-2-9(8(12)3-7)15-10(17)4-16-5-13-14-6-16/h1-3,5-6H,4H2,(H,15,17). The number of amides is 1. The van der Waals surface area contributed by atoms with Crippen LogP contribution in [-0.4, -0.2) is 20.7 Å². The molecule has 1 aromatic heterocycles. The van der Waals surface area contributed by atoms with Gasteiger partial charge in [0.15, 0.2) is 0 Å². The molecule has 0 aliphatic carbocycles. The van der Waals surface area contributed by atoms with Crippen molar-refractivity contribution in [3.8, 4) is 0 Å². The minimum Gasteiger partial charge on any atom is -0.323 e. The van der Waals surface area contributed by atoms with Gasteiger partial charge in [0.2, 0.25) is 5.91 Å². The van der Waals surface area contributed by atoms with Crippen LogP contribution in [0.1, 0.15) is 0 Å². The zero-order chi connectivity index (χ0) is 12.3. The molecule has 0 bridgehead atoms. The van der Waals surface area contributed by atoms with Crippen molar-refractivity contribution < 1.29 is 4.79 Å². The highest BCUT2D eigenvalue weighted by molar-refractivity contribution is 6.36. The van der Waals surface area contributed by atoms with Crippen molar-refractivity contribution >= 4 is 34.8 Å². The van der Waals surface area contributed by atoms with Crippen molar-refractivity contribution in [2.24, 2.45) is 0 Å². The SMILES string of the molecule is O=C(Cn1cnnc1)Nc1ccc(Cl)cc1Cl. The second-order valence-electron chi connectivity index (χ2n) is 3.31. The smallest absolute Gasteiger partial charge is 0.244 e. The summed E-state index contributed by atoms with van der Waals surface area (Å²) in [5.74, 6) is -0.214. The first-order chi connectivity index (χ1) is 8.15. The number of hydrogen-bond acceptors (Lipinski definition) is 3. The second kappa shape index (κ2) is 5.16. The van der Waals surface area contributed by atoms with E-state index in [1.807, 2.05) is 0 Å². The molecule has 1 amide bonds. The van der Waals surface area contributed by atoms with E-state index < -0.39 is 0 Å². The van der Waals surface area contributed by atoms with Crippen LogP contribution in [0, 0.1) is 0 Å². The topological polar surface area (TPSA) is 59.8 Å². The molecule has 0 saturated carbocycles. The zero-order valence-electron chi connectivity index (χ0n) is 8.60. The predicted molar refractivity (Wildman–Crippen MR) is 65.1 cm³/mol. The van der Waals surface area contributed by atoms with Crippen LogP contribution in [-0.2, 0) is 11.3 Å². The Balaban J connectivity index is 2.03. The van der Waals surface area contributed by atoms with Gasteiger partial charge in [-0.25, -0.2) is 0 Å². The number of hydrogen-bond donors (Lipinski definition) is 1. The Morgan fingerprint density at radius 2 is 2.00 bits per heavy atom. The van der Waals surface area contributed by atoms with E-state index in [0.29, 0.717) is 15.7 Å². The van der Waals surface area contributed by atoms with Crippen LogP contribution in [0.5, 0.6) is 0 Å². The molecule has 5 nitrogen and oxygen atoms in total. The van der Waals surface area contributed by atoms with E-state index in [4.69, 9.17) is 23.2 Å². The van der Waals surface area contributed by atoms with Gasteiger partial charge in [-0.1, -0.05) is 23.2 Å². The molecule has 0 unspecified atom stereocenters. The molecule has 17 heavy (non-hydrogen) atoms. The van der Waals surface area contributed by atoms with Crippen LogP contribution in [0.3, 0.4) is 0 Å². The molecule has 88 valence electrons. The highest BCUT2D eigenvalue weighted by Gasteiger charge is 2.06. The molecule has 7 heteroatoms. The number of nitrogens with one attached hydrogen (secondary N) is 1. The lowest BCUT2D eigenvalue weighted by Crippen LogP contribution is -2.18. The highest BCUT2D eigenvalue weighted by Crippen LogP contribution is 2.25. The maximum absolute atomic E-state index is 11.6. The van der Waals surface area contributed by atoms with Gasteiger partial charge in [-0.2, -0.15) is 0 Å². The third kappa shape index (κ3) is 3.18. The highest BCUT2D eigenvalue weighted by atomic mass is 35.5. The van der Waals surface area contributed by atoms with Gasteiger partial charge in [0.1, 0.15) is 19.2 Å². The van der Waals surface area contributed by atoms with Crippen LogP contribution in [0.25, 0.3) is 0 Å². The normalized spacial score (nSPS) is 10.2. The van der Waals surface area contributed by atoms with Crippen molar-refractivity contribution in [3.63, 3.8) is 0 Å². The first-order valence-electron chi connectivity index (χ1n) is 4.72. The van der Waals surface area contributed by atoms with E-state index in [9.17, 15) is 4.79 Å². The summed E-state index contributed by atoms with van der Waals surface area (Å²) in [6.45, 7) is 0.131. The van der Waals surface area contributed by atoms with Gasteiger partial charge < -0.3 is 9.88 Å². The average molecular weight is 271 g/mol. The number of carbonyl (C=O) groups excluding carboxylic acids is 1. The molecular weight excluding hydrogens is 263 g/mol. The quantitative estimate of drug-likeness (QED) is 0.931. The van der Waals surface area contributed by atoms with Gasteiger partial charge in [-0.15, -0.1) is 10.2 Å². The first-order valence-corrected chi connectivity index (χ1v) is 5.48. The van der Waals surface area contributed by atoms with Crippen LogP contribution < -0.4 is 5.32 Å². The summed E-state index contributed by atoms with van der Waals surface area (Å²) in [5, 5.41) is 10.8. The Hall–Kier alpha value is -1.59. The Labute approximate surface area is 107 Å². The van der Waals surface area contributed by atoms with E-state index in [1.165, 1.54) is 12.7 Å². The summed E-state index contributed by atoms with van der Waals surface area (Å²) in [6.07, 6.45) is 2.92. The van der Waals surface area contributed by atoms with E-state index in [1.54, 1.807) is 22.8 Å². The van der Waals surface area contributed by atoms with Crippen LogP contribution in [0.15, 0.2) is 30.9 Å². The molecule has 0 fully saturated rings. The van der Waals surface area contributed by atoms with Gasteiger partial charge in [0.25, 0.3) is 0 Å². The van der Waals surface area contributed by atoms with Crippen molar-refractivity contribution in [1.29, 1.82) is 0 Å². The third-order valence-corrected chi connectivity index (χ3v) is 2.55. The lowest BCUT2D eigenvalue weighted by Gasteiger charge is -2.07. The third-order valence-electron chi connectivity index (χ3n) is 2.00. The van der Waals surface area contributed by atoms with Gasteiger partial charge in [-0.3, -0.25) is 4.79 Å². The van der Waals surface area contributed by atoms with Gasteiger partial charge in [0.05, 0.1) is 10.7 Å². The van der Waals surface area contributed by atoms with Crippen molar-refractivity contribution in [2.75, 3.05) is 5.32 Å². The van der Waals surface area contributed by atoms with E-state index in [-0.39, 0.29) is 12.5 Å². The number of halogens is 2. The first kappa shape index (κ1) is 11.9. The number of carbonyl (C=O) groups is 1. The van der Waals surface area contributed by atoms with Crippen molar-refractivity contribution in [1.82, 2.24) is 14.8 Å². The fraction of sp³-hybridized carbons (Fsp3) is 0.100. The summed E-state index contributed by atoms with van der Waals surface area (Å²) in [4.78, 5) is 11.6. The number of nitrogens with zero attached hydrogens (tertiary/aromatic N) is 3. The maximum atomic E-state index is 11.6. The molecule has 2 aromatic rings. The summed E-state index contributed by atoms with van der Waals surface area (Å²) in [6, 6.07) is 4.87. The summed E-state index contributed by atoms with van der Waals surface area (Å²) in [7, 11) is 0. The van der Waals surface area contributed by atoms with Crippen LogP contribution >= 0.6 is 23.2 Å². The lowest BCUT2D eigenvalue weighted by molar-refractivity contribution is -0.116. The lowest BCUT2D eigenvalue weighted by atomic mass is 10.3. The molecule has 0 atom stereocenters. The minimum atomic E-state index is -0.214. The molecule has 0 radical (unpaired) electrons. The van der Waals surface area contributed by atoms with E-state index in [0.717, 1.165) is 0 Å². The molecule has 0 spiro atoms. The van der Waals surface area contributed by atoms with Gasteiger partial charge in [0, 0.05) is 5.02 Å². The predicted octanol–water partition coefficient (Wildman–Crippen LogP) is 2.22. The molecule has 1 heterocycles. The molecular formula is C10H8Cl2N4O. The molecule has 2 rings (SSSR count). The maximum Gasteiger partial charge on any atom is 0.244 e. The monoisotopic (exact) mass is 270 g/mol. The summed E-state index contributed by atoms with van der Waals surface area (Å²) in [5.41, 5.74) is 0.522. The molecule has 1 N–H and O–H groups in total. The van der Waals surface area contributed by atoms with Crippen LogP contribution in [0.2, 0.25) is 10.0 Å². The average Bonchev–Trinajstić information content (AvgIpc) is 2.75.